The number of halogens is 1. The van der Waals surface area contributed by atoms with E-state index in [1.54, 1.807) is 0 Å². The van der Waals surface area contributed by atoms with Crippen molar-refractivity contribution in [1.29, 1.82) is 0 Å². The number of fused-ring (bicyclic) bond motifs is 1. The van der Waals surface area contributed by atoms with Crippen LogP contribution in [0.1, 0.15) is 11.1 Å². The van der Waals surface area contributed by atoms with Crippen LogP contribution in [0.4, 0.5) is 10.1 Å². The molecule has 1 saturated heterocycles. The van der Waals surface area contributed by atoms with Crippen LogP contribution in [0.25, 0.3) is 0 Å². The van der Waals surface area contributed by atoms with Crippen molar-refractivity contribution in [1.82, 2.24) is 10.2 Å². The van der Waals surface area contributed by atoms with E-state index in [0.29, 0.717) is 0 Å². The lowest BCUT2D eigenvalue weighted by molar-refractivity contribution is 0.249. The van der Waals surface area contributed by atoms with E-state index in [2.05, 4.69) is 33.3 Å². The van der Waals surface area contributed by atoms with E-state index in [1.807, 2.05) is 12.1 Å². The second-order valence-electron chi connectivity index (χ2n) is 6.71. The largest absolute Gasteiger partial charge is 0.492 e. The molecule has 5 heteroatoms. The summed E-state index contributed by atoms with van der Waals surface area (Å²) in [5, 5.41) is 3.39. The van der Waals surface area contributed by atoms with E-state index in [9.17, 15) is 4.39 Å². The van der Waals surface area contributed by atoms with Crippen molar-refractivity contribution < 1.29 is 9.13 Å². The average molecular weight is 341 g/mol. The topological polar surface area (TPSA) is 27.7 Å². The molecule has 132 valence electrons. The molecule has 0 bridgehead atoms. The number of benzene rings is 2. The van der Waals surface area contributed by atoms with Crippen molar-refractivity contribution in [3.05, 3.63) is 59.4 Å². The van der Waals surface area contributed by atoms with Crippen LogP contribution in [0.15, 0.2) is 42.5 Å². The maximum absolute atomic E-state index is 13.1. The molecule has 2 aliphatic heterocycles. The van der Waals surface area contributed by atoms with Crippen LogP contribution in [0.5, 0.6) is 5.75 Å². The second kappa shape index (κ2) is 7.42. The average Bonchev–Trinajstić information content (AvgIpc) is 2.88. The van der Waals surface area contributed by atoms with E-state index < -0.39 is 0 Å². The van der Waals surface area contributed by atoms with E-state index in [-0.39, 0.29) is 5.82 Å². The maximum Gasteiger partial charge on any atom is 0.123 e. The molecule has 0 spiro atoms. The van der Waals surface area contributed by atoms with E-state index in [1.165, 1.54) is 23.3 Å². The fourth-order valence-electron chi connectivity index (χ4n) is 3.54. The number of piperazine rings is 1. The van der Waals surface area contributed by atoms with Crippen molar-refractivity contribution in [2.45, 2.75) is 13.1 Å². The van der Waals surface area contributed by atoms with Gasteiger partial charge in [0.1, 0.15) is 18.2 Å². The first-order valence-electron chi connectivity index (χ1n) is 8.96. The van der Waals surface area contributed by atoms with Crippen LogP contribution in [0, 0.1) is 5.82 Å². The minimum atomic E-state index is -0.177. The van der Waals surface area contributed by atoms with Crippen LogP contribution in [-0.2, 0) is 13.1 Å². The van der Waals surface area contributed by atoms with Gasteiger partial charge in [-0.15, -0.1) is 0 Å². The van der Waals surface area contributed by atoms with Gasteiger partial charge in [-0.05, 0) is 42.0 Å². The maximum atomic E-state index is 13.1. The molecule has 0 amide bonds. The predicted octanol–water partition coefficient (Wildman–Crippen LogP) is 2.63. The Bertz CT molecular complexity index is 711. The van der Waals surface area contributed by atoms with Gasteiger partial charge in [-0.3, -0.25) is 4.90 Å². The van der Waals surface area contributed by atoms with Crippen LogP contribution in [0.2, 0.25) is 0 Å². The zero-order chi connectivity index (χ0) is 17.1. The van der Waals surface area contributed by atoms with Gasteiger partial charge in [0.05, 0.1) is 0 Å². The van der Waals surface area contributed by atoms with E-state index in [4.69, 9.17) is 4.74 Å². The Kier molecular flexibility index (Phi) is 4.85. The summed E-state index contributed by atoms with van der Waals surface area (Å²) in [7, 11) is 0. The molecular weight excluding hydrogens is 317 g/mol. The fraction of sp³-hybridized carbons (Fsp3) is 0.400. The highest BCUT2D eigenvalue weighted by Crippen LogP contribution is 2.23. The van der Waals surface area contributed by atoms with E-state index >= 15 is 0 Å². The lowest BCUT2D eigenvalue weighted by Crippen LogP contribution is -2.45. The number of ether oxygens (including phenoxy) is 1. The molecule has 4 nitrogen and oxygen atoms in total. The summed E-state index contributed by atoms with van der Waals surface area (Å²) in [5.74, 6) is 0.832. The lowest BCUT2D eigenvalue weighted by Gasteiger charge is -2.36. The zero-order valence-electron chi connectivity index (χ0n) is 14.4. The summed E-state index contributed by atoms with van der Waals surface area (Å²) in [6.45, 7) is 7.45. The molecule has 0 unspecified atom stereocenters. The van der Waals surface area contributed by atoms with Gasteiger partial charge in [0.25, 0.3) is 0 Å². The number of hydrogen-bond donors (Lipinski definition) is 1. The van der Waals surface area contributed by atoms with Crippen LogP contribution < -0.4 is 15.0 Å². The SMILES string of the molecule is Fc1ccc(N2CCN(Cc3ccc4c(c3)CNCCO4)CC2)cc1. The molecule has 1 fully saturated rings. The first-order chi connectivity index (χ1) is 12.3. The van der Waals surface area contributed by atoms with E-state index in [0.717, 1.165) is 63.9 Å². The Hall–Kier alpha value is -2.11. The second-order valence-corrected chi connectivity index (χ2v) is 6.71. The first kappa shape index (κ1) is 16.4. The monoisotopic (exact) mass is 341 g/mol. The standard InChI is InChI=1S/C20H24FN3O/c21-18-2-4-19(5-3-18)24-10-8-23(9-11-24)15-16-1-6-20-17(13-16)14-22-7-12-25-20/h1-6,13,22H,7-12,14-15H2. The Morgan fingerprint density at radius 1 is 1.00 bits per heavy atom. The molecule has 0 radical (unpaired) electrons. The third kappa shape index (κ3) is 3.94. The van der Waals surface area contributed by atoms with Crippen molar-refractivity contribution in [3.8, 4) is 5.75 Å². The van der Waals surface area contributed by atoms with Crippen LogP contribution in [-0.4, -0.2) is 44.2 Å². The molecule has 2 heterocycles. The third-order valence-electron chi connectivity index (χ3n) is 4.95. The van der Waals surface area contributed by atoms with Crippen molar-refractivity contribution in [2.75, 3.05) is 44.2 Å². The minimum absolute atomic E-state index is 0.177. The van der Waals surface area contributed by atoms with Crippen molar-refractivity contribution >= 4 is 5.69 Å². The van der Waals surface area contributed by atoms with Gasteiger partial charge >= 0.3 is 0 Å². The van der Waals surface area contributed by atoms with Crippen LogP contribution in [0.3, 0.4) is 0 Å². The smallest absolute Gasteiger partial charge is 0.123 e. The third-order valence-corrected chi connectivity index (χ3v) is 4.95. The lowest BCUT2D eigenvalue weighted by atomic mass is 10.1. The number of hydrogen-bond acceptors (Lipinski definition) is 4. The Labute approximate surface area is 148 Å². The highest BCUT2D eigenvalue weighted by molar-refractivity contribution is 5.46. The highest BCUT2D eigenvalue weighted by Gasteiger charge is 2.18. The molecule has 0 saturated carbocycles. The number of rotatable bonds is 3. The predicted molar refractivity (Wildman–Crippen MR) is 97.5 cm³/mol. The summed E-state index contributed by atoms with van der Waals surface area (Å²) >= 11 is 0. The van der Waals surface area contributed by atoms with Gasteiger partial charge in [0, 0.05) is 57.1 Å². The Balaban J connectivity index is 1.35. The molecule has 2 aromatic carbocycles. The van der Waals surface area contributed by atoms with Gasteiger partial charge in [-0.25, -0.2) is 4.39 Å². The summed E-state index contributed by atoms with van der Waals surface area (Å²) in [6.07, 6.45) is 0. The number of nitrogens with one attached hydrogen (secondary N) is 1. The first-order valence-corrected chi connectivity index (χ1v) is 8.96. The van der Waals surface area contributed by atoms with Gasteiger partial charge in [0.15, 0.2) is 0 Å². The Morgan fingerprint density at radius 2 is 1.80 bits per heavy atom. The molecule has 0 atom stereocenters. The number of nitrogens with zero attached hydrogens (tertiary/aromatic N) is 2. The van der Waals surface area contributed by atoms with Gasteiger partial charge in [-0.1, -0.05) is 6.07 Å². The van der Waals surface area contributed by atoms with Gasteiger partial charge in [-0.2, -0.15) is 0 Å². The summed E-state index contributed by atoms with van der Waals surface area (Å²) in [6, 6.07) is 13.3. The molecule has 1 N–H and O–H groups in total. The molecule has 2 aromatic rings. The zero-order valence-corrected chi connectivity index (χ0v) is 14.4. The molecule has 2 aliphatic rings. The molecule has 25 heavy (non-hydrogen) atoms. The molecule has 0 aromatic heterocycles. The molecule has 4 rings (SSSR count). The molecule has 0 aliphatic carbocycles. The van der Waals surface area contributed by atoms with Gasteiger partial charge in [0.2, 0.25) is 0 Å². The van der Waals surface area contributed by atoms with Crippen molar-refractivity contribution in [3.63, 3.8) is 0 Å². The highest BCUT2D eigenvalue weighted by atomic mass is 19.1. The quantitative estimate of drug-likeness (QED) is 0.929. The normalized spacial score (nSPS) is 18.4. The van der Waals surface area contributed by atoms with Crippen LogP contribution >= 0.6 is 0 Å². The summed E-state index contributed by atoms with van der Waals surface area (Å²) in [5.41, 5.74) is 3.69. The number of anilines is 1. The fourth-order valence-corrected chi connectivity index (χ4v) is 3.54. The summed E-state index contributed by atoms with van der Waals surface area (Å²) in [4.78, 5) is 4.80. The Morgan fingerprint density at radius 3 is 2.60 bits per heavy atom. The minimum Gasteiger partial charge on any atom is -0.492 e. The van der Waals surface area contributed by atoms with Gasteiger partial charge < -0.3 is 15.0 Å². The summed E-state index contributed by atoms with van der Waals surface area (Å²) < 4.78 is 18.8. The van der Waals surface area contributed by atoms with Crippen molar-refractivity contribution in [2.24, 2.45) is 0 Å². The molecular formula is C20H24FN3O.